The first kappa shape index (κ1) is 98.8. The molecule has 5 aromatic heterocycles. The van der Waals surface area contributed by atoms with E-state index in [4.69, 9.17) is 8.83 Å². The Hall–Kier alpha value is -7.75. The first-order valence-electron chi connectivity index (χ1n) is 33.5. The molecule has 0 radical (unpaired) electrons. The second-order valence-electron chi connectivity index (χ2n) is 16.5. The van der Waals surface area contributed by atoms with E-state index in [0.29, 0.717) is 16.7 Å². The van der Waals surface area contributed by atoms with Crippen molar-refractivity contribution < 1.29 is 18.4 Å². The zero-order chi connectivity index (χ0) is 72.8. The lowest BCUT2D eigenvalue weighted by molar-refractivity contribution is 0.0693. The first-order chi connectivity index (χ1) is 44.5. The van der Waals surface area contributed by atoms with Gasteiger partial charge >= 0.3 is 11.4 Å². The van der Waals surface area contributed by atoms with E-state index in [-0.39, 0.29) is 30.7 Å². The van der Waals surface area contributed by atoms with Gasteiger partial charge in [0, 0.05) is 28.2 Å². The molecule has 0 saturated carbocycles. The zero-order valence-electron chi connectivity index (χ0n) is 63.5. The Kier molecular flexibility index (Phi) is 64.3. The highest BCUT2D eigenvalue weighted by Gasteiger charge is 2.32. The number of carbonyl (C=O) groups excluding carboxylic acids is 2. The van der Waals surface area contributed by atoms with Gasteiger partial charge in [-0.15, -0.1) is 22.7 Å². The molecule has 93 heavy (non-hydrogen) atoms. The third-order valence-electron chi connectivity index (χ3n) is 11.1. The molecule has 1 aliphatic heterocycles. The van der Waals surface area contributed by atoms with Gasteiger partial charge in [-0.1, -0.05) is 216 Å². The maximum atomic E-state index is 11.5. The van der Waals surface area contributed by atoms with E-state index in [1.54, 1.807) is 65.1 Å². The van der Waals surface area contributed by atoms with Crippen molar-refractivity contribution in [3.63, 3.8) is 0 Å². The minimum absolute atomic E-state index is 0. The monoisotopic (exact) mass is 1320 g/mol. The van der Waals surface area contributed by atoms with Crippen LogP contribution in [0.5, 0.6) is 0 Å². The molecule has 0 unspecified atom stereocenters. The number of hydrogen-bond acceptors (Lipinski definition) is 11. The molecule has 0 fully saturated rings. The maximum absolute atomic E-state index is 11.5. The summed E-state index contributed by atoms with van der Waals surface area (Å²) < 4.78 is 17.4. The van der Waals surface area contributed by atoms with Crippen LogP contribution < -0.4 is 11.4 Å². The van der Waals surface area contributed by atoms with Gasteiger partial charge in [0.05, 0.1) is 59.1 Å². The first-order valence-corrected chi connectivity index (χ1v) is 35.3. The molecule has 0 saturated heterocycles. The van der Waals surface area contributed by atoms with Gasteiger partial charge in [0.25, 0.3) is 11.8 Å². The second-order valence-corrected chi connectivity index (χ2v) is 18.3. The van der Waals surface area contributed by atoms with Gasteiger partial charge in [0.1, 0.15) is 5.52 Å². The van der Waals surface area contributed by atoms with Gasteiger partial charge in [0.15, 0.2) is 17.6 Å². The molecule has 15 heteroatoms. The van der Waals surface area contributed by atoms with E-state index in [2.05, 4.69) is 65.2 Å². The van der Waals surface area contributed by atoms with Gasteiger partial charge < -0.3 is 8.83 Å². The molecule has 11 aromatic rings. The van der Waals surface area contributed by atoms with E-state index < -0.39 is 0 Å². The average molecular weight is 1320 g/mol. The van der Waals surface area contributed by atoms with Gasteiger partial charge in [0.2, 0.25) is 0 Å². The van der Waals surface area contributed by atoms with Crippen LogP contribution in [0.3, 0.4) is 0 Å². The summed E-state index contributed by atoms with van der Waals surface area (Å²) >= 11 is 3.38. The summed E-state index contributed by atoms with van der Waals surface area (Å²) in [5.41, 5.74) is 19.3. The van der Waals surface area contributed by atoms with Crippen molar-refractivity contribution in [2.75, 3.05) is 7.05 Å². The molecule has 13 nitrogen and oxygen atoms in total. The SMILES string of the molecule is C.CC.CC.CC.CC.CC.CC.CC.CC.CC.CC.CC.CC.Cc1ccc2c(c1)C(=O)N(C)C2=O.Cc1ccc2c(c1)n(C)c(=O)n2C.Cc1ccc2c(c1)oc(=O)n2C.Cc1ccc2ncoc2c1.Cc1ccc2ncsc2c1.Cc1ccc2scnc2c1. The Labute approximate surface area is 572 Å². The van der Waals surface area contributed by atoms with Gasteiger partial charge in [-0.05, 0) is 142 Å². The Morgan fingerprint density at radius 2 is 0.731 bits per heavy atom. The molecule has 12 rings (SSSR count). The van der Waals surface area contributed by atoms with Gasteiger partial charge in [-0.3, -0.25) is 28.2 Å². The predicted molar refractivity (Wildman–Crippen MR) is 417 cm³/mol. The van der Waals surface area contributed by atoms with E-state index in [0.717, 1.165) is 54.7 Å². The van der Waals surface area contributed by atoms with Crippen molar-refractivity contribution in [1.82, 2.24) is 33.6 Å². The predicted octanol–water partition coefficient (Wildman–Crippen LogP) is 24.1. The van der Waals surface area contributed by atoms with E-state index in [1.165, 1.54) is 49.7 Å². The molecule has 0 aliphatic carbocycles. The summed E-state index contributed by atoms with van der Waals surface area (Å²) in [6.07, 6.45) is 1.46. The molecule has 0 N–H and O–H groups in total. The largest absolute Gasteiger partial charge is 0.443 e. The van der Waals surface area contributed by atoms with Crippen LogP contribution in [-0.2, 0) is 21.1 Å². The van der Waals surface area contributed by atoms with Crippen LogP contribution in [0.25, 0.3) is 53.7 Å². The van der Waals surface area contributed by atoms with Crippen molar-refractivity contribution >= 4 is 88.2 Å². The molecular formula is C78H127N7O6S2. The number of imide groups is 1. The van der Waals surface area contributed by atoms with Crippen LogP contribution in [0.1, 0.15) is 228 Å². The number of oxazole rings is 2. The normalized spacial score (nSPS) is 9.20. The quantitative estimate of drug-likeness (QED) is 0.135. The fourth-order valence-electron chi connectivity index (χ4n) is 7.23. The minimum atomic E-state index is -0.310. The van der Waals surface area contributed by atoms with E-state index >= 15 is 0 Å². The summed E-state index contributed by atoms with van der Waals surface area (Å²) in [7, 11) is 6.79. The van der Waals surface area contributed by atoms with Gasteiger partial charge in [-0.2, -0.15) is 0 Å². The molecule has 1 aliphatic rings. The smallest absolute Gasteiger partial charge is 0.419 e. The fraction of sp³-hybridized carbons (Fsp3) is 0.449. The van der Waals surface area contributed by atoms with Crippen molar-refractivity contribution in [2.45, 2.75) is 215 Å². The number of benzene rings is 6. The number of aryl methyl sites for hydroxylation is 9. The fourth-order valence-corrected chi connectivity index (χ4v) is 8.66. The third kappa shape index (κ3) is 32.6. The maximum Gasteiger partial charge on any atom is 0.419 e. The molecule has 0 atom stereocenters. The Morgan fingerprint density at radius 3 is 1.27 bits per heavy atom. The third-order valence-corrected chi connectivity index (χ3v) is 12.7. The number of fused-ring (bicyclic) bond motifs is 6. The van der Waals surface area contributed by atoms with Crippen molar-refractivity contribution in [1.29, 1.82) is 0 Å². The number of nitrogens with zero attached hydrogens (tertiary/aromatic N) is 7. The lowest BCUT2D eigenvalue weighted by atomic mass is 10.1. The average Bonchev–Trinajstić information content (AvgIpc) is 1.67. The summed E-state index contributed by atoms with van der Waals surface area (Å²) in [5, 5.41) is 0. The summed E-state index contributed by atoms with van der Waals surface area (Å²) in [5.74, 6) is -0.723. The van der Waals surface area contributed by atoms with Crippen molar-refractivity contribution in [3.8, 4) is 0 Å². The molecule has 6 aromatic carbocycles. The highest BCUT2D eigenvalue weighted by molar-refractivity contribution is 7.17. The standard InChI is InChI=1S/C10H12N2O.C10H9NO2.C9H9NO2.C8H7NO.2C8H7NS.12C2H6.CH4/c1-7-4-5-8-9(6-7)12(3)10(13)11(8)2;1-6-3-4-7-8(5-6)10(13)11(2)9(7)12;1-6-3-4-7-8(5-6)12-9(11)10(7)2;1-6-2-3-7-8(4-6)10-5-9-7;1-6-2-3-8-7(4-6)9-5-10-8;1-6-2-3-7-8(4-6)10-5-9-7;12*1-2;/h4-6H,1-3H3;3-5H,1-2H3;3-5H,1-2H3;3*2-5H,1H3;12*1-2H3;1H4. The van der Waals surface area contributed by atoms with Crippen LogP contribution in [0.15, 0.2) is 145 Å². The van der Waals surface area contributed by atoms with E-state index in [1.807, 2.05) is 266 Å². The Morgan fingerprint density at radius 1 is 0.344 bits per heavy atom. The minimum Gasteiger partial charge on any atom is -0.443 e. The van der Waals surface area contributed by atoms with Gasteiger partial charge in [-0.25, -0.2) is 24.5 Å². The molecule has 522 valence electrons. The Balaban J connectivity index is -0.000000179. The van der Waals surface area contributed by atoms with Crippen LogP contribution in [0.4, 0.5) is 0 Å². The lowest BCUT2D eigenvalue weighted by Gasteiger charge is -2.02. The van der Waals surface area contributed by atoms with E-state index in [9.17, 15) is 19.2 Å². The number of hydrogen-bond donors (Lipinski definition) is 0. The number of rotatable bonds is 0. The topological polar surface area (TPSA) is 151 Å². The number of carbonyl (C=O) groups is 2. The number of amides is 2. The Bertz CT molecular complexity index is 3550. The summed E-state index contributed by atoms with van der Waals surface area (Å²) in [4.78, 5) is 59.0. The van der Waals surface area contributed by atoms with Crippen molar-refractivity contribution in [3.05, 3.63) is 192 Å². The molecular weight excluding hydrogens is 1200 g/mol. The molecule has 0 bridgehead atoms. The molecule has 0 spiro atoms. The number of aromatic nitrogens is 6. The highest BCUT2D eigenvalue weighted by Crippen LogP contribution is 2.23. The molecule has 6 heterocycles. The second kappa shape index (κ2) is 60.5. The molecule has 2 amide bonds. The van der Waals surface area contributed by atoms with Crippen LogP contribution >= 0.6 is 22.7 Å². The van der Waals surface area contributed by atoms with Crippen LogP contribution in [0.2, 0.25) is 0 Å². The summed E-state index contributed by atoms with van der Waals surface area (Å²) in [6.45, 7) is 60.1. The lowest BCUT2D eigenvalue weighted by Crippen LogP contribution is -2.24. The number of imidazole rings is 1. The van der Waals surface area contributed by atoms with Crippen LogP contribution in [0, 0.1) is 41.5 Å². The number of thiazole rings is 2. The van der Waals surface area contributed by atoms with Crippen molar-refractivity contribution in [2.24, 2.45) is 21.1 Å². The van der Waals surface area contributed by atoms with Crippen LogP contribution in [-0.4, -0.2) is 52.4 Å². The summed E-state index contributed by atoms with van der Waals surface area (Å²) in [6, 6.07) is 35.6. The highest BCUT2D eigenvalue weighted by atomic mass is 32.1. The zero-order valence-corrected chi connectivity index (χ0v) is 65.2.